The number of anilines is 1. The molecular weight excluding hydrogens is 424 g/mol. The van der Waals surface area contributed by atoms with E-state index in [1.54, 1.807) is 13.3 Å². The number of hydrogen-bond donors (Lipinski definition) is 0. The fourth-order valence-corrected chi connectivity index (χ4v) is 4.94. The van der Waals surface area contributed by atoms with Gasteiger partial charge in [-0.1, -0.05) is 23.9 Å². The number of aromatic nitrogens is 4. The molecule has 0 unspecified atom stereocenters. The van der Waals surface area contributed by atoms with Crippen LogP contribution in [-0.4, -0.2) is 69.6 Å². The maximum absolute atomic E-state index is 12.9. The zero-order chi connectivity index (χ0) is 21.9. The number of carbonyl (C=O) groups excluding carboxylic acids is 1. The molecule has 0 atom stereocenters. The lowest BCUT2D eigenvalue weighted by atomic mass is 10.2. The molecule has 1 aliphatic carbocycles. The number of amides is 1. The molecule has 2 aliphatic rings. The highest BCUT2D eigenvalue weighted by atomic mass is 32.2. The van der Waals surface area contributed by atoms with E-state index >= 15 is 0 Å². The van der Waals surface area contributed by atoms with E-state index in [0.29, 0.717) is 24.9 Å². The van der Waals surface area contributed by atoms with Crippen molar-refractivity contribution >= 4 is 23.4 Å². The highest BCUT2D eigenvalue weighted by Crippen LogP contribution is 2.41. The number of para-hydroxylation sites is 2. The molecule has 2 aromatic heterocycles. The number of pyridine rings is 1. The second kappa shape index (κ2) is 9.20. The lowest BCUT2D eigenvalue weighted by Gasteiger charge is -2.36. The van der Waals surface area contributed by atoms with Crippen molar-refractivity contribution in [2.24, 2.45) is 0 Å². The third-order valence-electron chi connectivity index (χ3n) is 5.88. The number of hydrogen-bond acceptors (Lipinski definition) is 7. The number of thioether (sulfide) groups is 1. The second-order valence-electron chi connectivity index (χ2n) is 7.98. The Balaban J connectivity index is 1.21. The van der Waals surface area contributed by atoms with Crippen LogP contribution in [-0.2, 0) is 4.79 Å². The Morgan fingerprint density at radius 2 is 1.91 bits per heavy atom. The van der Waals surface area contributed by atoms with Crippen LogP contribution >= 0.6 is 11.8 Å². The highest BCUT2D eigenvalue weighted by molar-refractivity contribution is 7.99. The summed E-state index contributed by atoms with van der Waals surface area (Å²) in [6.07, 6.45) is 5.81. The molecule has 1 saturated heterocycles. The lowest BCUT2D eigenvalue weighted by molar-refractivity contribution is -0.128. The maximum Gasteiger partial charge on any atom is 0.233 e. The summed E-state index contributed by atoms with van der Waals surface area (Å²) in [6.45, 7) is 2.99. The minimum Gasteiger partial charge on any atom is -0.495 e. The summed E-state index contributed by atoms with van der Waals surface area (Å²) in [5, 5.41) is 9.62. The van der Waals surface area contributed by atoms with Crippen molar-refractivity contribution in [2.45, 2.75) is 24.0 Å². The van der Waals surface area contributed by atoms with Crippen LogP contribution in [0.15, 0.2) is 53.9 Å². The van der Waals surface area contributed by atoms with Gasteiger partial charge in [-0.3, -0.25) is 14.3 Å². The third-order valence-corrected chi connectivity index (χ3v) is 6.81. The number of piperazine rings is 1. The molecule has 0 spiro atoms. The zero-order valence-electron chi connectivity index (χ0n) is 18.1. The summed E-state index contributed by atoms with van der Waals surface area (Å²) in [6, 6.07) is 12.3. The molecular formula is C23H26N6O2S. The molecule has 3 aromatic rings. The first kappa shape index (κ1) is 20.8. The summed E-state index contributed by atoms with van der Waals surface area (Å²) in [7, 11) is 1.69. The van der Waals surface area contributed by atoms with Crippen LogP contribution in [0.25, 0.3) is 11.4 Å². The first-order chi connectivity index (χ1) is 15.7. The molecule has 1 amide bonds. The van der Waals surface area contributed by atoms with E-state index in [9.17, 15) is 4.79 Å². The topological polar surface area (TPSA) is 76.4 Å². The van der Waals surface area contributed by atoms with E-state index < -0.39 is 0 Å². The fourth-order valence-electron chi connectivity index (χ4n) is 4.03. The highest BCUT2D eigenvalue weighted by Gasteiger charge is 2.31. The van der Waals surface area contributed by atoms with Crippen LogP contribution in [0.2, 0.25) is 0 Å². The predicted molar refractivity (Wildman–Crippen MR) is 124 cm³/mol. The third kappa shape index (κ3) is 4.29. The van der Waals surface area contributed by atoms with Crippen molar-refractivity contribution in [3.8, 4) is 17.1 Å². The number of ether oxygens (including phenoxy) is 1. The number of methoxy groups -OCH3 is 1. The van der Waals surface area contributed by atoms with Crippen molar-refractivity contribution in [1.29, 1.82) is 0 Å². The van der Waals surface area contributed by atoms with E-state index in [4.69, 9.17) is 4.74 Å². The summed E-state index contributed by atoms with van der Waals surface area (Å²) >= 11 is 1.48. The van der Waals surface area contributed by atoms with Gasteiger partial charge in [0.25, 0.3) is 0 Å². The van der Waals surface area contributed by atoms with Gasteiger partial charge in [-0.2, -0.15) is 0 Å². The van der Waals surface area contributed by atoms with Gasteiger partial charge in [-0.15, -0.1) is 10.2 Å². The molecule has 9 heteroatoms. The average Bonchev–Trinajstić information content (AvgIpc) is 3.61. The largest absolute Gasteiger partial charge is 0.495 e. The van der Waals surface area contributed by atoms with Crippen LogP contribution in [0.3, 0.4) is 0 Å². The van der Waals surface area contributed by atoms with Gasteiger partial charge in [0.2, 0.25) is 5.91 Å². The minimum atomic E-state index is 0.142. The van der Waals surface area contributed by atoms with Gasteiger partial charge in [0.1, 0.15) is 5.75 Å². The Labute approximate surface area is 191 Å². The fraction of sp³-hybridized carbons (Fsp3) is 0.391. The molecule has 8 nitrogen and oxygen atoms in total. The van der Waals surface area contributed by atoms with E-state index in [1.165, 1.54) is 11.8 Å². The number of rotatable bonds is 7. The Bertz CT molecular complexity index is 1080. The molecule has 166 valence electrons. The van der Waals surface area contributed by atoms with Crippen LogP contribution in [0.5, 0.6) is 5.75 Å². The van der Waals surface area contributed by atoms with Crippen molar-refractivity contribution in [2.75, 3.05) is 43.9 Å². The lowest BCUT2D eigenvalue weighted by Crippen LogP contribution is -2.49. The number of carbonyl (C=O) groups is 1. The van der Waals surface area contributed by atoms with E-state index in [2.05, 4.69) is 30.7 Å². The van der Waals surface area contributed by atoms with Crippen LogP contribution in [0.4, 0.5) is 5.69 Å². The molecule has 1 aromatic carbocycles. The van der Waals surface area contributed by atoms with Crippen molar-refractivity contribution in [3.05, 3.63) is 48.8 Å². The summed E-state index contributed by atoms with van der Waals surface area (Å²) < 4.78 is 7.66. The van der Waals surface area contributed by atoms with Crippen LogP contribution < -0.4 is 9.64 Å². The first-order valence-electron chi connectivity index (χ1n) is 10.9. The van der Waals surface area contributed by atoms with Gasteiger partial charge in [-0.25, -0.2) is 0 Å². The monoisotopic (exact) mass is 450 g/mol. The molecule has 0 N–H and O–H groups in total. The standard InChI is InChI=1S/C23H26N6O2S/c1-31-20-7-3-2-6-19(20)27-11-13-28(14-12-27)21(30)16-32-23-26-25-22(29(23)18-8-9-18)17-5-4-10-24-15-17/h2-7,10,15,18H,8-9,11-14,16H2,1H3. The molecule has 0 bridgehead atoms. The van der Waals surface area contributed by atoms with E-state index in [-0.39, 0.29) is 5.91 Å². The maximum atomic E-state index is 12.9. The average molecular weight is 451 g/mol. The van der Waals surface area contributed by atoms with Gasteiger partial charge in [-0.05, 0) is 37.1 Å². The molecule has 0 radical (unpaired) electrons. The van der Waals surface area contributed by atoms with E-state index in [1.807, 2.05) is 41.4 Å². The van der Waals surface area contributed by atoms with Crippen molar-refractivity contribution in [1.82, 2.24) is 24.6 Å². The van der Waals surface area contributed by atoms with E-state index in [0.717, 1.165) is 53.9 Å². The molecule has 5 rings (SSSR count). The SMILES string of the molecule is COc1ccccc1N1CCN(C(=O)CSc2nnc(-c3cccnc3)n2C2CC2)CC1. The van der Waals surface area contributed by atoms with Crippen molar-refractivity contribution in [3.63, 3.8) is 0 Å². The smallest absolute Gasteiger partial charge is 0.233 e. The Morgan fingerprint density at radius 3 is 2.62 bits per heavy atom. The molecule has 3 heterocycles. The summed E-state index contributed by atoms with van der Waals surface area (Å²) in [5.74, 6) is 2.21. The second-order valence-corrected chi connectivity index (χ2v) is 8.92. The van der Waals surface area contributed by atoms with Crippen LogP contribution in [0, 0.1) is 0 Å². The Hall–Kier alpha value is -3.07. The predicted octanol–water partition coefficient (Wildman–Crippen LogP) is 3.12. The van der Waals surface area contributed by atoms with Crippen LogP contribution in [0.1, 0.15) is 18.9 Å². The van der Waals surface area contributed by atoms with Gasteiger partial charge in [0.05, 0.1) is 18.6 Å². The minimum absolute atomic E-state index is 0.142. The zero-order valence-corrected chi connectivity index (χ0v) is 18.9. The number of benzene rings is 1. The van der Waals surface area contributed by atoms with Gasteiger partial charge in [0.15, 0.2) is 11.0 Å². The first-order valence-corrected chi connectivity index (χ1v) is 11.9. The normalized spacial score (nSPS) is 16.3. The molecule has 2 fully saturated rings. The van der Waals surface area contributed by atoms with Crippen molar-refractivity contribution < 1.29 is 9.53 Å². The summed E-state index contributed by atoms with van der Waals surface area (Å²) in [4.78, 5) is 21.3. The van der Waals surface area contributed by atoms with Gasteiger partial charge >= 0.3 is 0 Å². The Morgan fingerprint density at radius 1 is 1.09 bits per heavy atom. The Kier molecular flexibility index (Phi) is 5.98. The summed E-state index contributed by atoms with van der Waals surface area (Å²) in [5.41, 5.74) is 2.04. The quantitative estimate of drug-likeness (QED) is 0.512. The molecule has 1 saturated carbocycles. The molecule has 1 aliphatic heterocycles. The van der Waals surface area contributed by atoms with Gasteiger partial charge < -0.3 is 14.5 Å². The van der Waals surface area contributed by atoms with Gasteiger partial charge in [0, 0.05) is 50.2 Å². The molecule has 32 heavy (non-hydrogen) atoms. The number of nitrogens with zero attached hydrogens (tertiary/aromatic N) is 6.